The number of hydrogen-bond acceptors (Lipinski definition) is 3. The van der Waals surface area contributed by atoms with E-state index in [4.69, 9.17) is 0 Å². The molecular weight excluding hydrogens is 316 g/mol. The van der Waals surface area contributed by atoms with Crippen LogP contribution in [0.2, 0.25) is 0 Å². The summed E-state index contributed by atoms with van der Waals surface area (Å²) in [6.45, 7) is 4.57. The van der Waals surface area contributed by atoms with Crippen molar-refractivity contribution >= 4 is 11.8 Å². The van der Waals surface area contributed by atoms with Crippen LogP contribution in [0.1, 0.15) is 78.1 Å². The molecular formula is C21H32O4. The Kier molecular flexibility index (Phi) is 3.89. The van der Waals surface area contributed by atoms with Crippen LogP contribution < -0.4 is 0 Å². The van der Waals surface area contributed by atoms with Gasteiger partial charge in [0.05, 0.1) is 12.0 Å². The zero-order chi connectivity index (χ0) is 18.0. The van der Waals surface area contributed by atoms with Gasteiger partial charge in [-0.15, -0.1) is 0 Å². The maximum absolute atomic E-state index is 12.3. The summed E-state index contributed by atoms with van der Waals surface area (Å²) in [6, 6.07) is 0. The number of carboxylic acids is 1. The molecule has 2 unspecified atom stereocenters. The molecule has 4 heteroatoms. The van der Waals surface area contributed by atoms with Crippen LogP contribution in [0, 0.1) is 34.5 Å². The molecule has 0 saturated heterocycles. The summed E-state index contributed by atoms with van der Waals surface area (Å²) in [5.41, 5.74) is -1.37. The van der Waals surface area contributed by atoms with Crippen molar-refractivity contribution in [3.8, 4) is 0 Å². The Morgan fingerprint density at radius 1 is 1.12 bits per heavy atom. The van der Waals surface area contributed by atoms with E-state index in [1.807, 2.05) is 0 Å². The van der Waals surface area contributed by atoms with Crippen molar-refractivity contribution in [2.24, 2.45) is 34.5 Å². The highest BCUT2D eigenvalue weighted by Gasteiger charge is 2.65. The number of Topliss-reactive ketones (excluding diaryl/α,β-unsaturated/α-hetero) is 1. The van der Waals surface area contributed by atoms with Crippen LogP contribution in [0.3, 0.4) is 0 Å². The monoisotopic (exact) mass is 348 g/mol. The van der Waals surface area contributed by atoms with E-state index in [1.54, 1.807) is 0 Å². The molecule has 0 aromatic heterocycles. The van der Waals surface area contributed by atoms with Crippen molar-refractivity contribution in [3.63, 3.8) is 0 Å². The fourth-order valence-corrected chi connectivity index (χ4v) is 7.83. The molecule has 0 aromatic carbocycles. The minimum absolute atomic E-state index is 0.0253. The summed E-state index contributed by atoms with van der Waals surface area (Å²) < 4.78 is 0. The van der Waals surface area contributed by atoms with Crippen molar-refractivity contribution in [2.45, 2.75) is 83.7 Å². The molecule has 4 rings (SSSR count). The molecule has 0 amide bonds. The van der Waals surface area contributed by atoms with Gasteiger partial charge >= 0.3 is 5.97 Å². The number of carboxylic acid groups (broad SMARTS) is 1. The van der Waals surface area contributed by atoms with Crippen molar-refractivity contribution in [2.75, 3.05) is 0 Å². The van der Waals surface area contributed by atoms with Crippen LogP contribution in [0.4, 0.5) is 0 Å². The highest BCUT2D eigenvalue weighted by atomic mass is 16.4. The number of aliphatic carboxylic acids is 1. The third-order valence-electron chi connectivity index (χ3n) is 9.10. The number of carbonyl (C=O) groups excluding carboxylic acids is 1. The van der Waals surface area contributed by atoms with Crippen LogP contribution in [-0.2, 0) is 9.59 Å². The predicted molar refractivity (Wildman–Crippen MR) is 93.9 cm³/mol. The van der Waals surface area contributed by atoms with Crippen LogP contribution in [0.25, 0.3) is 0 Å². The Bertz CT molecular complexity index is 597. The molecule has 25 heavy (non-hydrogen) atoms. The Labute approximate surface area is 150 Å². The van der Waals surface area contributed by atoms with Gasteiger partial charge in [0.25, 0.3) is 0 Å². The Hall–Kier alpha value is -0.900. The molecule has 0 bridgehead atoms. The summed E-state index contributed by atoms with van der Waals surface area (Å²) in [5.74, 6) is 0.878. The number of rotatable bonds is 2. The van der Waals surface area contributed by atoms with Crippen molar-refractivity contribution in [3.05, 3.63) is 0 Å². The van der Waals surface area contributed by atoms with E-state index in [0.717, 1.165) is 25.2 Å². The zero-order valence-electron chi connectivity index (χ0n) is 15.6. The highest BCUT2D eigenvalue weighted by Crippen LogP contribution is 2.68. The summed E-state index contributed by atoms with van der Waals surface area (Å²) in [7, 11) is 0. The molecule has 4 saturated carbocycles. The minimum Gasteiger partial charge on any atom is -0.481 e. The van der Waals surface area contributed by atoms with E-state index in [-0.39, 0.29) is 24.5 Å². The lowest BCUT2D eigenvalue weighted by Gasteiger charge is -2.64. The standard InChI is InChI=1S/C21H32O4/c1-19-8-3-4-16(19)15-6-5-13-10-14(22)11-21(25,12-18(23)24)20(13,2)17(15)7-9-19/h13,15-17,25H,3-12H2,1-2H3,(H,23,24)/t13?,15-,16-,17+,19-,20-,21?/m0/s1. The highest BCUT2D eigenvalue weighted by molar-refractivity contribution is 5.82. The van der Waals surface area contributed by atoms with Crippen molar-refractivity contribution < 1.29 is 19.8 Å². The summed E-state index contributed by atoms with van der Waals surface area (Å²) in [5, 5.41) is 20.9. The average molecular weight is 348 g/mol. The van der Waals surface area contributed by atoms with Crippen LogP contribution in [0.5, 0.6) is 0 Å². The molecule has 7 atom stereocenters. The Balaban J connectivity index is 1.74. The lowest BCUT2D eigenvalue weighted by Crippen LogP contribution is -2.65. The second-order valence-corrected chi connectivity index (χ2v) is 10.0. The van der Waals surface area contributed by atoms with E-state index in [9.17, 15) is 19.8 Å². The number of fused-ring (bicyclic) bond motifs is 5. The quantitative estimate of drug-likeness (QED) is 0.796. The van der Waals surface area contributed by atoms with Gasteiger partial charge in [-0.05, 0) is 67.6 Å². The molecule has 0 heterocycles. The predicted octanol–water partition coefficient (Wildman–Crippen LogP) is 3.80. The van der Waals surface area contributed by atoms with Crippen LogP contribution >= 0.6 is 0 Å². The fourth-order valence-electron chi connectivity index (χ4n) is 7.83. The Morgan fingerprint density at radius 3 is 2.60 bits per heavy atom. The lowest BCUT2D eigenvalue weighted by molar-refractivity contribution is -0.216. The smallest absolute Gasteiger partial charge is 0.306 e. The number of carbonyl (C=O) groups is 2. The second-order valence-electron chi connectivity index (χ2n) is 10.0. The number of hydrogen-bond donors (Lipinski definition) is 2. The molecule has 2 N–H and O–H groups in total. The van der Waals surface area contributed by atoms with Crippen molar-refractivity contribution in [1.82, 2.24) is 0 Å². The third-order valence-corrected chi connectivity index (χ3v) is 9.10. The molecule has 4 aliphatic carbocycles. The maximum Gasteiger partial charge on any atom is 0.306 e. The van der Waals surface area contributed by atoms with E-state index < -0.39 is 17.0 Å². The van der Waals surface area contributed by atoms with Gasteiger partial charge in [-0.3, -0.25) is 9.59 Å². The third kappa shape index (κ3) is 2.35. The van der Waals surface area contributed by atoms with Crippen molar-refractivity contribution in [1.29, 1.82) is 0 Å². The molecule has 140 valence electrons. The first-order valence-electron chi connectivity index (χ1n) is 10.2. The molecule has 0 aliphatic heterocycles. The molecule has 4 aliphatic rings. The summed E-state index contributed by atoms with van der Waals surface area (Å²) in [6.07, 6.45) is 8.58. The largest absolute Gasteiger partial charge is 0.481 e. The number of aliphatic hydroxyl groups is 1. The van der Waals surface area contributed by atoms with Gasteiger partial charge in [-0.1, -0.05) is 20.3 Å². The maximum atomic E-state index is 12.3. The first-order chi connectivity index (χ1) is 11.7. The molecule has 4 nitrogen and oxygen atoms in total. The van der Waals surface area contributed by atoms with Crippen LogP contribution in [0.15, 0.2) is 0 Å². The number of ketones is 1. The topological polar surface area (TPSA) is 74.6 Å². The second kappa shape index (κ2) is 5.55. The van der Waals surface area contributed by atoms with E-state index >= 15 is 0 Å². The normalized spacial score (nSPS) is 52.2. The van der Waals surface area contributed by atoms with Gasteiger partial charge in [0.2, 0.25) is 0 Å². The van der Waals surface area contributed by atoms with Gasteiger partial charge in [0.15, 0.2) is 0 Å². The van der Waals surface area contributed by atoms with Gasteiger partial charge in [-0.2, -0.15) is 0 Å². The zero-order valence-corrected chi connectivity index (χ0v) is 15.6. The molecule has 4 fully saturated rings. The minimum atomic E-state index is -1.38. The molecule has 0 spiro atoms. The summed E-state index contributed by atoms with van der Waals surface area (Å²) >= 11 is 0. The van der Waals surface area contributed by atoms with Gasteiger partial charge in [0, 0.05) is 18.3 Å². The van der Waals surface area contributed by atoms with Gasteiger partial charge in [-0.25, -0.2) is 0 Å². The Morgan fingerprint density at radius 2 is 1.88 bits per heavy atom. The lowest BCUT2D eigenvalue weighted by atomic mass is 9.41. The van der Waals surface area contributed by atoms with Crippen LogP contribution in [-0.4, -0.2) is 27.6 Å². The SMILES string of the molecule is C[C@@]12CCC[C@H]1[C@@H]1CCC3CC(=O)CC(O)(CC(=O)O)[C@]3(C)[C@@H]1CC2. The van der Waals surface area contributed by atoms with E-state index in [1.165, 1.54) is 25.7 Å². The first-order valence-corrected chi connectivity index (χ1v) is 10.2. The van der Waals surface area contributed by atoms with Gasteiger partial charge < -0.3 is 10.2 Å². The van der Waals surface area contributed by atoms with E-state index in [0.29, 0.717) is 23.7 Å². The first kappa shape index (κ1) is 17.5. The molecule has 0 aromatic rings. The van der Waals surface area contributed by atoms with Gasteiger partial charge in [0.1, 0.15) is 5.78 Å². The fraction of sp³-hybridized carbons (Fsp3) is 0.905. The summed E-state index contributed by atoms with van der Waals surface area (Å²) in [4.78, 5) is 23.8. The van der Waals surface area contributed by atoms with E-state index in [2.05, 4.69) is 13.8 Å². The molecule has 0 radical (unpaired) electrons. The average Bonchev–Trinajstić information content (AvgIpc) is 2.89.